The number of hydrogen-bond donors (Lipinski definition) is 1. The van der Waals surface area contributed by atoms with Crippen molar-refractivity contribution in [2.75, 3.05) is 13.1 Å². The fourth-order valence-corrected chi connectivity index (χ4v) is 2.45. The van der Waals surface area contributed by atoms with Crippen LogP contribution in [-0.2, 0) is 9.59 Å². The molecule has 0 spiro atoms. The molecule has 0 radical (unpaired) electrons. The van der Waals surface area contributed by atoms with Gasteiger partial charge < -0.3 is 5.73 Å². The number of amides is 2. The van der Waals surface area contributed by atoms with E-state index < -0.39 is 0 Å². The minimum absolute atomic E-state index is 0.0444. The zero-order valence-corrected chi connectivity index (χ0v) is 10.7. The molecule has 2 rings (SSSR count). The van der Waals surface area contributed by atoms with Crippen LogP contribution >= 0.6 is 0 Å². The van der Waals surface area contributed by atoms with Crippen molar-refractivity contribution in [3.05, 3.63) is 0 Å². The summed E-state index contributed by atoms with van der Waals surface area (Å²) < 4.78 is 0. The van der Waals surface area contributed by atoms with Crippen LogP contribution in [-0.4, -0.2) is 29.8 Å². The summed E-state index contributed by atoms with van der Waals surface area (Å²) in [6.45, 7) is 5.58. The number of hydrogen-bond acceptors (Lipinski definition) is 3. The molecule has 2 atom stereocenters. The summed E-state index contributed by atoms with van der Waals surface area (Å²) in [6.07, 6.45) is 3.78. The van der Waals surface area contributed by atoms with Crippen molar-refractivity contribution >= 4 is 11.8 Å². The van der Waals surface area contributed by atoms with Crippen LogP contribution in [0.4, 0.5) is 0 Å². The molecule has 2 amide bonds. The lowest BCUT2D eigenvalue weighted by Gasteiger charge is -2.23. The van der Waals surface area contributed by atoms with Gasteiger partial charge in [0.1, 0.15) is 0 Å². The van der Waals surface area contributed by atoms with E-state index in [4.69, 9.17) is 5.73 Å². The molecule has 2 aliphatic rings. The fourth-order valence-electron chi connectivity index (χ4n) is 2.45. The van der Waals surface area contributed by atoms with Crippen molar-refractivity contribution in [3.63, 3.8) is 0 Å². The average Bonchev–Trinajstić information content (AvgIpc) is 3.03. The Bertz CT molecular complexity index is 318. The van der Waals surface area contributed by atoms with Gasteiger partial charge in [0.2, 0.25) is 11.8 Å². The fraction of sp³-hybridized carbons (Fsp3) is 0.846. The second kappa shape index (κ2) is 4.41. The second-order valence-corrected chi connectivity index (χ2v) is 6.10. The first kappa shape index (κ1) is 12.6. The molecule has 1 aliphatic carbocycles. The van der Waals surface area contributed by atoms with Gasteiger partial charge in [0.05, 0.1) is 11.8 Å². The first-order valence-electron chi connectivity index (χ1n) is 6.51. The van der Waals surface area contributed by atoms with Gasteiger partial charge in [-0.3, -0.25) is 14.5 Å². The number of likely N-dealkylation sites (tertiary alicyclic amines) is 1. The van der Waals surface area contributed by atoms with Crippen molar-refractivity contribution in [2.45, 2.75) is 39.5 Å². The molecule has 2 unspecified atom stereocenters. The highest BCUT2D eigenvalue weighted by Crippen LogP contribution is 2.46. The van der Waals surface area contributed by atoms with Gasteiger partial charge in [-0.1, -0.05) is 20.3 Å². The summed E-state index contributed by atoms with van der Waals surface area (Å²) in [7, 11) is 0. The average molecular weight is 238 g/mol. The maximum absolute atomic E-state index is 11.7. The highest BCUT2D eigenvalue weighted by molar-refractivity contribution is 6.08. The summed E-state index contributed by atoms with van der Waals surface area (Å²) in [4.78, 5) is 24.8. The molecule has 96 valence electrons. The maximum atomic E-state index is 11.7. The monoisotopic (exact) mass is 238 g/mol. The van der Waals surface area contributed by atoms with Crippen LogP contribution in [0, 0.1) is 17.3 Å². The van der Waals surface area contributed by atoms with Gasteiger partial charge >= 0.3 is 0 Å². The summed E-state index contributed by atoms with van der Waals surface area (Å²) in [5.41, 5.74) is 5.83. The topological polar surface area (TPSA) is 63.4 Å². The summed E-state index contributed by atoms with van der Waals surface area (Å²) >= 11 is 0. The Hall–Kier alpha value is -0.900. The summed E-state index contributed by atoms with van der Waals surface area (Å²) in [5.74, 6) is 0.224. The Balaban J connectivity index is 1.69. The lowest BCUT2D eigenvalue weighted by Crippen LogP contribution is -2.34. The van der Waals surface area contributed by atoms with Gasteiger partial charge in [-0.15, -0.1) is 0 Å². The van der Waals surface area contributed by atoms with Gasteiger partial charge in [-0.2, -0.15) is 0 Å². The molecule has 0 aromatic carbocycles. The van der Waals surface area contributed by atoms with Crippen molar-refractivity contribution in [3.8, 4) is 0 Å². The standard InChI is InChI=1S/C13H22N2O2/c1-13(2,8-14)5-3-4-6-15-11(16)9-7-10(9)12(15)17/h9-10H,3-8,14H2,1-2H3. The SMILES string of the molecule is CC(C)(CN)CCCCN1C(=O)C2CC2C1=O. The van der Waals surface area contributed by atoms with Gasteiger partial charge in [0.15, 0.2) is 0 Å². The number of nitrogens with zero attached hydrogens (tertiary/aromatic N) is 1. The molecule has 4 heteroatoms. The van der Waals surface area contributed by atoms with E-state index in [2.05, 4.69) is 13.8 Å². The molecule has 1 aliphatic heterocycles. The quantitative estimate of drug-likeness (QED) is 0.557. The molecule has 2 N–H and O–H groups in total. The first-order chi connectivity index (χ1) is 7.96. The highest BCUT2D eigenvalue weighted by Gasteiger charge is 2.58. The lowest BCUT2D eigenvalue weighted by molar-refractivity contribution is -0.141. The van der Waals surface area contributed by atoms with E-state index in [0.29, 0.717) is 13.1 Å². The van der Waals surface area contributed by atoms with Crippen molar-refractivity contribution < 1.29 is 9.59 Å². The Morgan fingerprint density at radius 1 is 1.24 bits per heavy atom. The summed E-state index contributed by atoms with van der Waals surface area (Å²) in [5, 5.41) is 0. The van der Waals surface area contributed by atoms with Gasteiger partial charge in [-0.05, 0) is 31.2 Å². The van der Waals surface area contributed by atoms with Gasteiger partial charge in [0.25, 0.3) is 0 Å². The lowest BCUT2D eigenvalue weighted by atomic mass is 9.87. The molecule has 1 saturated heterocycles. The van der Waals surface area contributed by atoms with E-state index in [0.717, 1.165) is 25.7 Å². The van der Waals surface area contributed by atoms with Crippen LogP contribution in [0.2, 0.25) is 0 Å². The van der Waals surface area contributed by atoms with E-state index in [1.54, 1.807) is 0 Å². The zero-order valence-electron chi connectivity index (χ0n) is 10.7. The largest absolute Gasteiger partial charge is 0.330 e. The summed E-state index contributed by atoms with van der Waals surface area (Å²) in [6, 6.07) is 0. The van der Waals surface area contributed by atoms with Crippen LogP contribution in [0.5, 0.6) is 0 Å². The van der Waals surface area contributed by atoms with E-state index in [-0.39, 0.29) is 29.1 Å². The second-order valence-electron chi connectivity index (χ2n) is 6.10. The number of carbonyl (C=O) groups excluding carboxylic acids is 2. The van der Waals surface area contributed by atoms with Crippen LogP contribution in [0.3, 0.4) is 0 Å². The smallest absolute Gasteiger partial charge is 0.233 e. The van der Waals surface area contributed by atoms with Crippen LogP contribution in [0.15, 0.2) is 0 Å². The van der Waals surface area contributed by atoms with E-state index in [9.17, 15) is 9.59 Å². The van der Waals surface area contributed by atoms with E-state index in [1.807, 2.05) is 0 Å². The number of carbonyl (C=O) groups is 2. The predicted octanol–water partition coefficient (Wildman–Crippen LogP) is 1.15. The molecule has 0 aromatic heterocycles. The molecule has 17 heavy (non-hydrogen) atoms. The van der Waals surface area contributed by atoms with E-state index >= 15 is 0 Å². The molecule has 4 nitrogen and oxygen atoms in total. The number of nitrogens with two attached hydrogens (primary N) is 1. The van der Waals surface area contributed by atoms with Crippen molar-refractivity contribution in [1.29, 1.82) is 0 Å². The molecule has 0 bridgehead atoms. The number of imide groups is 1. The third-order valence-electron chi connectivity index (χ3n) is 3.99. The third kappa shape index (κ3) is 2.51. The molecule has 0 aromatic rings. The molecule has 2 fully saturated rings. The first-order valence-corrected chi connectivity index (χ1v) is 6.51. The normalized spacial score (nSPS) is 27.6. The van der Waals surface area contributed by atoms with Gasteiger partial charge in [0, 0.05) is 6.54 Å². The zero-order chi connectivity index (χ0) is 12.6. The highest BCUT2D eigenvalue weighted by atomic mass is 16.2. The molecule has 1 saturated carbocycles. The van der Waals surface area contributed by atoms with Crippen LogP contribution < -0.4 is 5.73 Å². The number of fused-ring (bicyclic) bond motifs is 1. The maximum Gasteiger partial charge on any atom is 0.233 e. The Kier molecular flexibility index (Phi) is 3.25. The van der Waals surface area contributed by atoms with Crippen molar-refractivity contribution in [1.82, 2.24) is 4.90 Å². The molecular formula is C13H22N2O2. The Morgan fingerprint density at radius 3 is 2.35 bits per heavy atom. The Labute approximate surface area is 103 Å². The number of rotatable bonds is 6. The minimum Gasteiger partial charge on any atom is -0.330 e. The minimum atomic E-state index is 0.0444. The number of unbranched alkanes of at least 4 members (excludes halogenated alkanes) is 1. The van der Waals surface area contributed by atoms with Crippen LogP contribution in [0.25, 0.3) is 0 Å². The van der Waals surface area contributed by atoms with Crippen LogP contribution in [0.1, 0.15) is 39.5 Å². The predicted molar refractivity (Wildman–Crippen MR) is 65.0 cm³/mol. The number of piperidine rings is 1. The van der Waals surface area contributed by atoms with Crippen molar-refractivity contribution in [2.24, 2.45) is 23.0 Å². The molecular weight excluding hydrogens is 216 g/mol. The van der Waals surface area contributed by atoms with E-state index in [1.165, 1.54) is 4.90 Å². The molecule has 1 heterocycles. The van der Waals surface area contributed by atoms with Gasteiger partial charge in [-0.25, -0.2) is 0 Å². The Morgan fingerprint density at radius 2 is 1.82 bits per heavy atom. The third-order valence-corrected chi connectivity index (χ3v) is 3.99.